The molecule has 1 heterocycles. The predicted molar refractivity (Wildman–Crippen MR) is 80.8 cm³/mol. The topological polar surface area (TPSA) is 84.5 Å². The highest BCUT2D eigenvalue weighted by Crippen LogP contribution is 2.22. The number of hydrogen-bond donors (Lipinski definition) is 2. The molecular weight excluding hydrogens is 316 g/mol. The molecule has 2 N–H and O–H groups in total. The molecule has 0 aliphatic rings. The van der Waals surface area contributed by atoms with Gasteiger partial charge >= 0.3 is 0 Å². The molecule has 0 aromatic carbocycles. The maximum atomic E-state index is 11.8. The Bertz CT molecular complexity index is 504. The Morgan fingerprint density at radius 1 is 1.19 bits per heavy atom. The lowest BCUT2D eigenvalue weighted by atomic mass is 10.2. The van der Waals surface area contributed by atoms with Crippen LogP contribution in [0.1, 0.15) is 22.5 Å². The summed E-state index contributed by atoms with van der Waals surface area (Å²) in [5.74, 6) is -0.767. The quantitative estimate of drug-likeness (QED) is 0.526. The number of amides is 2. The van der Waals surface area contributed by atoms with Crippen LogP contribution in [0, 0.1) is 0 Å². The summed E-state index contributed by atoms with van der Waals surface area (Å²) in [6.07, 6.45) is 0.133. The van der Waals surface area contributed by atoms with Crippen LogP contribution >= 0.6 is 22.9 Å². The van der Waals surface area contributed by atoms with Crippen LogP contribution in [0.5, 0.6) is 0 Å². The lowest BCUT2D eigenvalue weighted by Crippen LogP contribution is -2.38. The van der Waals surface area contributed by atoms with Crippen LogP contribution in [0.3, 0.4) is 0 Å². The van der Waals surface area contributed by atoms with Crippen molar-refractivity contribution in [1.82, 2.24) is 10.6 Å². The first kappa shape index (κ1) is 17.6. The second-order valence-electron chi connectivity index (χ2n) is 4.15. The molecule has 6 nitrogen and oxygen atoms in total. The van der Waals surface area contributed by atoms with Crippen LogP contribution in [0.4, 0.5) is 0 Å². The van der Waals surface area contributed by atoms with E-state index in [2.05, 4.69) is 10.6 Å². The maximum Gasteiger partial charge on any atom is 0.239 e. The molecule has 0 unspecified atom stereocenters. The zero-order chi connectivity index (χ0) is 15.7. The summed E-state index contributed by atoms with van der Waals surface area (Å²) in [6, 6.07) is 3.28. The average molecular weight is 333 g/mol. The summed E-state index contributed by atoms with van der Waals surface area (Å²) in [7, 11) is 1.53. The molecule has 1 aromatic rings. The number of ketones is 1. The van der Waals surface area contributed by atoms with Gasteiger partial charge < -0.3 is 15.4 Å². The summed E-state index contributed by atoms with van der Waals surface area (Å²) in [5, 5.41) is 5.03. The summed E-state index contributed by atoms with van der Waals surface area (Å²) in [5.41, 5.74) is 0. The van der Waals surface area contributed by atoms with Crippen molar-refractivity contribution in [2.24, 2.45) is 0 Å². The minimum absolute atomic E-state index is 0.0414. The number of nitrogens with one attached hydrogen (secondary N) is 2. The molecule has 0 fully saturated rings. The SMILES string of the molecule is COCCNC(=O)CNC(=O)CCC(=O)c1ccc(Cl)s1. The van der Waals surface area contributed by atoms with E-state index in [9.17, 15) is 14.4 Å². The first-order valence-corrected chi connectivity index (χ1v) is 7.53. The molecule has 0 spiro atoms. The first-order valence-electron chi connectivity index (χ1n) is 6.33. The van der Waals surface area contributed by atoms with E-state index in [1.165, 1.54) is 18.4 Å². The van der Waals surface area contributed by atoms with Crippen LogP contribution in [-0.2, 0) is 14.3 Å². The van der Waals surface area contributed by atoms with E-state index in [0.717, 1.165) is 0 Å². The van der Waals surface area contributed by atoms with Gasteiger partial charge in [-0.3, -0.25) is 14.4 Å². The Kier molecular flexibility index (Phi) is 7.96. The molecule has 21 heavy (non-hydrogen) atoms. The summed E-state index contributed by atoms with van der Waals surface area (Å²) >= 11 is 6.92. The van der Waals surface area contributed by atoms with E-state index >= 15 is 0 Å². The van der Waals surface area contributed by atoms with Gasteiger partial charge in [-0.15, -0.1) is 11.3 Å². The van der Waals surface area contributed by atoms with Gasteiger partial charge in [-0.05, 0) is 12.1 Å². The van der Waals surface area contributed by atoms with E-state index in [0.29, 0.717) is 22.4 Å². The molecular formula is C13H17ClN2O4S. The summed E-state index contributed by atoms with van der Waals surface area (Å²) in [4.78, 5) is 35.1. The monoisotopic (exact) mass is 332 g/mol. The van der Waals surface area contributed by atoms with Crippen molar-refractivity contribution in [1.29, 1.82) is 0 Å². The van der Waals surface area contributed by atoms with Crippen molar-refractivity contribution >= 4 is 40.5 Å². The minimum Gasteiger partial charge on any atom is -0.383 e. The first-order chi connectivity index (χ1) is 10.0. The fraction of sp³-hybridized carbons (Fsp3) is 0.462. The molecule has 8 heteroatoms. The second kappa shape index (κ2) is 9.49. The highest BCUT2D eigenvalue weighted by atomic mass is 35.5. The Hall–Kier alpha value is -1.44. The second-order valence-corrected chi connectivity index (χ2v) is 5.86. The molecule has 0 atom stereocenters. The third-order valence-electron chi connectivity index (χ3n) is 2.50. The number of halogens is 1. The smallest absolute Gasteiger partial charge is 0.239 e. The average Bonchev–Trinajstić information content (AvgIpc) is 2.89. The van der Waals surface area contributed by atoms with Gasteiger partial charge in [-0.25, -0.2) is 0 Å². The van der Waals surface area contributed by atoms with E-state index in [1.807, 2.05) is 0 Å². The predicted octanol–water partition coefficient (Wildman–Crippen LogP) is 1.24. The normalized spacial score (nSPS) is 10.2. The van der Waals surface area contributed by atoms with Gasteiger partial charge in [0.25, 0.3) is 0 Å². The zero-order valence-corrected chi connectivity index (χ0v) is 13.2. The van der Waals surface area contributed by atoms with Crippen LogP contribution in [-0.4, -0.2) is 44.4 Å². The molecule has 0 bridgehead atoms. The van der Waals surface area contributed by atoms with Crippen molar-refractivity contribution in [3.05, 3.63) is 21.3 Å². The van der Waals surface area contributed by atoms with Gasteiger partial charge in [0.05, 0.1) is 22.4 Å². The van der Waals surface area contributed by atoms with E-state index in [-0.39, 0.29) is 37.0 Å². The van der Waals surface area contributed by atoms with E-state index in [1.54, 1.807) is 12.1 Å². The molecule has 116 valence electrons. The lowest BCUT2D eigenvalue weighted by molar-refractivity contribution is -0.126. The highest BCUT2D eigenvalue weighted by Gasteiger charge is 2.12. The number of Topliss-reactive ketones (excluding diaryl/α,β-unsaturated/α-hetero) is 1. The number of carbonyl (C=O) groups is 3. The van der Waals surface area contributed by atoms with Gasteiger partial charge in [0.1, 0.15) is 0 Å². The van der Waals surface area contributed by atoms with Gasteiger partial charge in [0, 0.05) is 26.5 Å². The molecule has 0 aliphatic carbocycles. The minimum atomic E-state index is -0.340. The molecule has 0 saturated heterocycles. The van der Waals surface area contributed by atoms with Gasteiger partial charge in [0.2, 0.25) is 11.8 Å². The number of rotatable bonds is 9. The van der Waals surface area contributed by atoms with Crippen LogP contribution in [0.2, 0.25) is 4.34 Å². The molecule has 0 saturated carbocycles. The number of thiophene rings is 1. The van der Waals surface area contributed by atoms with Crippen LogP contribution in [0.25, 0.3) is 0 Å². The Morgan fingerprint density at radius 2 is 1.95 bits per heavy atom. The third kappa shape index (κ3) is 7.22. The zero-order valence-electron chi connectivity index (χ0n) is 11.6. The summed E-state index contributed by atoms with van der Waals surface area (Å²) < 4.78 is 5.32. The van der Waals surface area contributed by atoms with E-state index < -0.39 is 0 Å². The highest BCUT2D eigenvalue weighted by molar-refractivity contribution is 7.18. The number of ether oxygens (including phenoxy) is 1. The third-order valence-corrected chi connectivity index (χ3v) is 3.77. The van der Waals surface area contributed by atoms with Crippen molar-refractivity contribution in [2.75, 3.05) is 26.8 Å². The standard InChI is InChI=1S/C13H17ClN2O4S/c1-20-7-6-15-13(19)8-16-12(18)5-2-9(17)10-3-4-11(14)21-10/h3-4H,2,5-8H2,1H3,(H,15,19)(H,16,18). The molecule has 0 aliphatic heterocycles. The number of methoxy groups -OCH3 is 1. The fourth-order valence-corrected chi connectivity index (χ4v) is 2.45. The fourth-order valence-electron chi connectivity index (χ4n) is 1.44. The van der Waals surface area contributed by atoms with Crippen molar-refractivity contribution in [2.45, 2.75) is 12.8 Å². The number of hydrogen-bond acceptors (Lipinski definition) is 5. The van der Waals surface area contributed by atoms with Crippen LogP contribution in [0.15, 0.2) is 12.1 Å². The molecule has 1 aromatic heterocycles. The summed E-state index contributed by atoms with van der Waals surface area (Å²) in [6.45, 7) is 0.696. The van der Waals surface area contributed by atoms with E-state index in [4.69, 9.17) is 16.3 Å². The molecule has 1 rings (SSSR count). The largest absolute Gasteiger partial charge is 0.383 e. The Balaban J connectivity index is 2.19. The van der Waals surface area contributed by atoms with Crippen molar-refractivity contribution in [3.63, 3.8) is 0 Å². The van der Waals surface area contributed by atoms with Crippen molar-refractivity contribution in [3.8, 4) is 0 Å². The van der Waals surface area contributed by atoms with Crippen molar-refractivity contribution < 1.29 is 19.1 Å². The van der Waals surface area contributed by atoms with Crippen LogP contribution < -0.4 is 10.6 Å². The Labute approximate surface area is 131 Å². The van der Waals surface area contributed by atoms with Gasteiger partial charge in [-0.1, -0.05) is 11.6 Å². The molecule has 0 radical (unpaired) electrons. The van der Waals surface area contributed by atoms with Gasteiger partial charge in [-0.2, -0.15) is 0 Å². The maximum absolute atomic E-state index is 11.8. The number of carbonyl (C=O) groups excluding carboxylic acids is 3. The molecule has 2 amide bonds. The lowest BCUT2D eigenvalue weighted by Gasteiger charge is -2.06. The van der Waals surface area contributed by atoms with Gasteiger partial charge in [0.15, 0.2) is 5.78 Å². The Morgan fingerprint density at radius 3 is 2.57 bits per heavy atom.